The van der Waals surface area contributed by atoms with E-state index in [1.54, 1.807) is 27.8 Å². The summed E-state index contributed by atoms with van der Waals surface area (Å²) in [6.45, 7) is 3.89. The molecule has 0 aromatic carbocycles. The lowest BCUT2D eigenvalue weighted by Gasteiger charge is -2.02. The molecule has 1 aromatic heterocycles. The molecule has 0 bridgehead atoms. The maximum Gasteiger partial charge on any atom is 0.136 e. The predicted octanol–water partition coefficient (Wildman–Crippen LogP) is 3.44. The van der Waals surface area contributed by atoms with E-state index in [-0.39, 0.29) is 5.92 Å². The van der Waals surface area contributed by atoms with Crippen LogP contribution in [0, 0.1) is 5.92 Å². The van der Waals surface area contributed by atoms with Crippen LogP contribution in [0.1, 0.15) is 20.3 Å². The summed E-state index contributed by atoms with van der Waals surface area (Å²) >= 11 is 0. The van der Waals surface area contributed by atoms with Gasteiger partial charge in [-0.3, -0.25) is 4.79 Å². The van der Waals surface area contributed by atoms with E-state index in [4.69, 9.17) is 0 Å². The summed E-state index contributed by atoms with van der Waals surface area (Å²) in [6, 6.07) is 5.84. The predicted molar refractivity (Wildman–Crippen MR) is 67.0 cm³/mol. The molecule has 0 spiro atoms. The molecule has 0 aliphatic rings. The minimum absolute atomic E-state index is 0.158. The number of nitrogens with zero attached hydrogens (tertiary/aromatic N) is 1. The number of pyridine rings is 1. The summed E-state index contributed by atoms with van der Waals surface area (Å²) in [5.74, 6) is 1.35. The number of rotatable bonds is 6. The van der Waals surface area contributed by atoms with E-state index >= 15 is 0 Å². The third-order valence-electron chi connectivity index (χ3n) is 1.86. The Balaban J connectivity index is 2.15. The van der Waals surface area contributed by atoms with Crippen molar-refractivity contribution in [2.45, 2.75) is 25.3 Å². The molecule has 0 aliphatic carbocycles. The van der Waals surface area contributed by atoms with Crippen LogP contribution in [0.2, 0.25) is 0 Å². The van der Waals surface area contributed by atoms with E-state index in [0.717, 1.165) is 10.8 Å². The molecule has 1 aromatic rings. The van der Waals surface area contributed by atoms with Gasteiger partial charge in [0.1, 0.15) is 10.8 Å². The fourth-order valence-corrected chi connectivity index (χ4v) is 2.81. The van der Waals surface area contributed by atoms with Crippen molar-refractivity contribution in [1.29, 1.82) is 0 Å². The topological polar surface area (TPSA) is 30.0 Å². The van der Waals surface area contributed by atoms with Gasteiger partial charge in [0, 0.05) is 24.3 Å². The molecule has 0 saturated carbocycles. The van der Waals surface area contributed by atoms with Crippen molar-refractivity contribution in [3.8, 4) is 0 Å². The first-order valence-electron chi connectivity index (χ1n) is 4.93. The Hall–Kier alpha value is -0.480. The third-order valence-corrected chi connectivity index (χ3v) is 4.12. The second kappa shape index (κ2) is 6.90. The highest BCUT2D eigenvalue weighted by molar-refractivity contribution is 8.76. The lowest BCUT2D eigenvalue weighted by molar-refractivity contribution is -0.121. The number of carbonyl (C=O) groups is 1. The molecule has 0 atom stereocenters. The average molecular weight is 241 g/mol. The molecular weight excluding hydrogens is 226 g/mol. The summed E-state index contributed by atoms with van der Waals surface area (Å²) in [6.07, 6.45) is 2.43. The average Bonchev–Trinajstić information content (AvgIpc) is 2.25. The highest BCUT2D eigenvalue weighted by atomic mass is 33.1. The van der Waals surface area contributed by atoms with Crippen LogP contribution in [-0.4, -0.2) is 16.5 Å². The van der Waals surface area contributed by atoms with Gasteiger partial charge < -0.3 is 0 Å². The molecule has 0 amide bonds. The fourth-order valence-electron chi connectivity index (χ4n) is 0.929. The number of hydrogen-bond acceptors (Lipinski definition) is 4. The van der Waals surface area contributed by atoms with Gasteiger partial charge in [-0.25, -0.2) is 4.98 Å². The largest absolute Gasteiger partial charge is 0.299 e. The van der Waals surface area contributed by atoms with E-state index in [1.165, 1.54) is 0 Å². The molecule has 1 heterocycles. The maximum atomic E-state index is 11.3. The van der Waals surface area contributed by atoms with Gasteiger partial charge in [0.05, 0.1) is 0 Å². The number of hydrogen-bond donors (Lipinski definition) is 0. The summed E-state index contributed by atoms with van der Waals surface area (Å²) in [5, 5.41) is 1.000. The minimum Gasteiger partial charge on any atom is -0.299 e. The molecule has 0 aliphatic heterocycles. The van der Waals surface area contributed by atoms with Gasteiger partial charge in [0.25, 0.3) is 0 Å². The van der Waals surface area contributed by atoms with Crippen molar-refractivity contribution in [2.24, 2.45) is 5.92 Å². The van der Waals surface area contributed by atoms with Crippen molar-refractivity contribution in [2.75, 3.05) is 5.75 Å². The van der Waals surface area contributed by atoms with Crippen molar-refractivity contribution in [3.05, 3.63) is 24.4 Å². The van der Waals surface area contributed by atoms with Crippen molar-refractivity contribution in [3.63, 3.8) is 0 Å². The van der Waals surface area contributed by atoms with Gasteiger partial charge in [-0.2, -0.15) is 0 Å². The zero-order valence-electron chi connectivity index (χ0n) is 8.97. The zero-order valence-corrected chi connectivity index (χ0v) is 10.6. The summed E-state index contributed by atoms with van der Waals surface area (Å²) in [7, 11) is 3.31. The van der Waals surface area contributed by atoms with Crippen LogP contribution in [0.3, 0.4) is 0 Å². The Labute approximate surface area is 98.6 Å². The summed E-state index contributed by atoms with van der Waals surface area (Å²) in [5.41, 5.74) is 0. The quantitative estimate of drug-likeness (QED) is 0.564. The molecule has 0 fully saturated rings. The van der Waals surface area contributed by atoms with Crippen LogP contribution < -0.4 is 0 Å². The number of ketones is 1. The van der Waals surface area contributed by atoms with E-state index in [2.05, 4.69) is 4.98 Å². The van der Waals surface area contributed by atoms with Crippen LogP contribution >= 0.6 is 21.6 Å². The molecule has 15 heavy (non-hydrogen) atoms. The highest BCUT2D eigenvalue weighted by Gasteiger charge is 2.06. The van der Waals surface area contributed by atoms with Gasteiger partial charge in [-0.05, 0) is 22.9 Å². The lowest BCUT2D eigenvalue weighted by Crippen LogP contribution is -2.07. The Morgan fingerprint density at radius 3 is 2.87 bits per heavy atom. The molecular formula is C11H15NOS2. The molecule has 0 saturated heterocycles. The standard InChI is InChI=1S/C11H15NOS2/c1-9(2)10(13)6-8-14-15-11-5-3-4-7-12-11/h3-5,7,9H,6,8H2,1-2H3. The molecule has 4 heteroatoms. The third kappa shape index (κ3) is 5.23. The monoisotopic (exact) mass is 241 g/mol. The van der Waals surface area contributed by atoms with E-state index in [0.29, 0.717) is 12.2 Å². The molecule has 0 N–H and O–H groups in total. The molecule has 1 rings (SSSR count). The fraction of sp³-hybridized carbons (Fsp3) is 0.455. The SMILES string of the molecule is CC(C)C(=O)CCSSc1ccccn1. The lowest BCUT2D eigenvalue weighted by atomic mass is 10.1. The van der Waals surface area contributed by atoms with Crippen molar-refractivity contribution in [1.82, 2.24) is 4.98 Å². The number of carbonyl (C=O) groups excluding carboxylic acids is 1. The maximum absolute atomic E-state index is 11.3. The van der Waals surface area contributed by atoms with Gasteiger partial charge >= 0.3 is 0 Å². The van der Waals surface area contributed by atoms with Gasteiger partial charge in [-0.1, -0.05) is 30.7 Å². The smallest absolute Gasteiger partial charge is 0.136 e. The van der Waals surface area contributed by atoms with E-state index in [9.17, 15) is 4.79 Å². The van der Waals surface area contributed by atoms with Gasteiger partial charge in [0.2, 0.25) is 0 Å². The van der Waals surface area contributed by atoms with Gasteiger partial charge in [-0.15, -0.1) is 0 Å². The minimum atomic E-state index is 0.158. The number of Topliss-reactive ketones (excluding diaryl/α,β-unsaturated/α-hetero) is 1. The Kier molecular flexibility index (Phi) is 5.79. The second-order valence-electron chi connectivity index (χ2n) is 3.44. The summed E-state index contributed by atoms with van der Waals surface area (Å²) in [4.78, 5) is 15.5. The molecule has 2 nitrogen and oxygen atoms in total. The zero-order chi connectivity index (χ0) is 11.1. The summed E-state index contributed by atoms with van der Waals surface area (Å²) < 4.78 is 0. The van der Waals surface area contributed by atoms with E-state index < -0.39 is 0 Å². The molecule has 0 unspecified atom stereocenters. The first-order chi connectivity index (χ1) is 7.20. The van der Waals surface area contributed by atoms with Crippen LogP contribution in [0.4, 0.5) is 0 Å². The first-order valence-corrected chi connectivity index (χ1v) is 7.25. The van der Waals surface area contributed by atoms with Crippen LogP contribution in [0.5, 0.6) is 0 Å². The highest BCUT2D eigenvalue weighted by Crippen LogP contribution is 2.29. The Morgan fingerprint density at radius 2 is 2.27 bits per heavy atom. The second-order valence-corrected chi connectivity index (χ2v) is 5.88. The van der Waals surface area contributed by atoms with Crippen LogP contribution in [-0.2, 0) is 4.79 Å². The van der Waals surface area contributed by atoms with Crippen molar-refractivity contribution >= 4 is 27.4 Å². The van der Waals surface area contributed by atoms with Gasteiger partial charge in [0.15, 0.2) is 0 Å². The van der Waals surface area contributed by atoms with Crippen LogP contribution in [0.25, 0.3) is 0 Å². The number of aromatic nitrogens is 1. The normalized spacial score (nSPS) is 10.6. The van der Waals surface area contributed by atoms with Crippen molar-refractivity contribution < 1.29 is 4.79 Å². The molecule has 82 valence electrons. The Bertz CT molecular complexity index is 301. The first kappa shape index (κ1) is 12.6. The molecule has 0 radical (unpaired) electrons. The van der Waals surface area contributed by atoms with E-state index in [1.807, 2.05) is 32.0 Å². The Morgan fingerprint density at radius 1 is 1.47 bits per heavy atom. The van der Waals surface area contributed by atoms with Crippen LogP contribution in [0.15, 0.2) is 29.4 Å².